The molecular formula is C15H17BrClNO3. The summed E-state index contributed by atoms with van der Waals surface area (Å²) in [4.78, 5) is 0. The van der Waals surface area contributed by atoms with E-state index in [0.29, 0.717) is 31.3 Å². The number of ether oxygens (including phenoxy) is 1. The maximum Gasteiger partial charge on any atom is 0.135 e. The van der Waals surface area contributed by atoms with Gasteiger partial charge in [-0.3, -0.25) is 0 Å². The van der Waals surface area contributed by atoms with E-state index in [-0.39, 0.29) is 6.61 Å². The second-order valence-electron chi connectivity index (χ2n) is 4.40. The highest BCUT2D eigenvalue weighted by atomic mass is 79.9. The van der Waals surface area contributed by atoms with E-state index in [1.807, 2.05) is 30.3 Å². The molecule has 21 heavy (non-hydrogen) atoms. The van der Waals surface area contributed by atoms with Crippen molar-refractivity contribution < 1.29 is 14.3 Å². The van der Waals surface area contributed by atoms with Crippen molar-refractivity contribution in [2.45, 2.75) is 6.54 Å². The van der Waals surface area contributed by atoms with Crippen LogP contribution in [0.15, 0.2) is 39.2 Å². The smallest absolute Gasteiger partial charge is 0.135 e. The first-order valence-corrected chi connectivity index (χ1v) is 7.81. The van der Waals surface area contributed by atoms with E-state index in [1.54, 1.807) is 0 Å². The number of hydrogen-bond donors (Lipinski definition) is 2. The lowest BCUT2D eigenvalue weighted by Crippen LogP contribution is -2.19. The van der Waals surface area contributed by atoms with E-state index >= 15 is 0 Å². The summed E-state index contributed by atoms with van der Waals surface area (Å²) in [6.07, 6.45) is 0. The number of halogens is 2. The van der Waals surface area contributed by atoms with Gasteiger partial charge in [-0.1, -0.05) is 27.5 Å². The average Bonchev–Trinajstić information content (AvgIpc) is 2.91. The number of nitrogens with one attached hydrogen (secondary N) is 1. The number of furan rings is 1. The molecule has 6 heteroatoms. The normalized spacial score (nSPS) is 11.0. The van der Waals surface area contributed by atoms with Crippen LogP contribution in [0.4, 0.5) is 0 Å². The molecular weight excluding hydrogens is 358 g/mol. The van der Waals surface area contributed by atoms with Crippen molar-refractivity contribution in [2.75, 3.05) is 26.4 Å². The first kappa shape index (κ1) is 16.5. The van der Waals surface area contributed by atoms with E-state index in [1.165, 1.54) is 0 Å². The number of aliphatic hydroxyl groups excluding tert-OH is 1. The summed E-state index contributed by atoms with van der Waals surface area (Å²) >= 11 is 9.59. The minimum atomic E-state index is 0.0511. The Hall–Kier alpha value is -0.850. The number of benzene rings is 1. The fourth-order valence-corrected chi connectivity index (χ4v) is 2.60. The fraction of sp³-hybridized carbons (Fsp3) is 0.333. The zero-order chi connectivity index (χ0) is 15.1. The van der Waals surface area contributed by atoms with Crippen LogP contribution in [0, 0.1) is 0 Å². The molecule has 0 aliphatic heterocycles. The predicted octanol–water partition coefficient (Wildman–Crippen LogP) is 3.46. The number of hydrogen-bond acceptors (Lipinski definition) is 4. The zero-order valence-corrected chi connectivity index (χ0v) is 13.8. The lowest BCUT2D eigenvalue weighted by Gasteiger charge is -2.04. The van der Waals surface area contributed by atoms with Gasteiger partial charge < -0.3 is 19.6 Å². The number of rotatable bonds is 8. The summed E-state index contributed by atoms with van der Waals surface area (Å²) in [6.45, 7) is 2.31. The monoisotopic (exact) mass is 373 g/mol. The van der Waals surface area contributed by atoms with Gasteiger partial charge in [0.25, 0.3) is 0 Å². The molecule has 4 nitrogen and oxygen atoms in total. The van der Waals surface area contributed by atoms with Crippen molar-refractivity contribution in [3.8, 4) is 11.3 Å². The van der Waals surface area contributed by atoms with Crippen molar-refractivity contribution in [1.82, 2.24) is 5.32 Å². The van der Waals surface area contributed by atoms with Gasteiger partial charge in [-0.2, -0.15) is 0 Å². The van der Waals surface area contributed by atoms with Gasteiger partial charge in [0.05, 0.1) is 31.4 Å². The SMILES string of the molecule is OCCOCCNCc1ccc(-c2ccc(Br)cc2Cl)o1. The summed E-state index contributed by atoms with van der Waals surface area (Å²) in [7, 11) is 0. The summed E-state index contributed by atoms with van der Waals surface area (Å²) in [5.41, 5.74) is 0.873. The Bertz CT molecular complexity index is 574. The molecule has 0 aliphatic rings. The molecule has 1 aromatic heterocycles. The molecule has 0 aliphatic carbocycles. The third kappa shape index (κ3) is 5.13. The van der Waals surface area contributed by atoms with Crippen molar-refractivity contribution in [1.29, 1.82) is 0 Å². The Morgan fingerprint density at radius 1 is 1.24 bits per heavy atom. The summed E-state index contributed by atoms with van der Waals surface area (Å²) < 4.78 is 11.9. The van der Waals surface area contributed by atoms with E-state index in [2.05, 4.69) is 21.2 Å². The number of aliphatic hydroxyl groups is 1. The van der Waals surface area contributed by atoms with Crippen LogP contribution in [0.25, 0.3) is 11.3 Å². The Morgan fingerprint density at radius 2 is 2.10 bits per heavy atom. The van der Waals surface area contributed by atoms with Gasteiger partial charge in [0, 0.05) is 16.6 Å². The van der Waals surface area contributed by atoms with Crippen LogP contribution in [0.2, 0.25) is 5.02 Å². The predicted molar refractivity (Wildman–Crippen MR) is 86.5 cm³/mol. The quantitative estimate of drug-likeness (QED) is 0.695. The van der Waals surface area contributed by atoms with Crippen LogP contribution < -0.4 is 5.32 Å². The van der Waals surface area contributed by atoms with Crippen LogP contribution in [-0.2, 0) is 11.3 Å². The average molecular weight is 375 g/mol. The summed E-state index contributed by atoms with van der Waals surface area (Å²) in [6, 6.07) is 9.53. The van der Waals surface area contributed by atoms with Gasteiger partial charge in [-0.25, -0.2) is 0 Å². The first-order chi connectivity index (χ1) is 10.2. The van der Waals surface area contributed by atoms with Crippen LogP contribution in [0.1, 0.15) is 5.76 Å². The molecule has 0 spiro atoms. The molecule has 114 valence electrons. The third-order valence-corrected chi connectivity index (χ3v) is 3.62. The van der Waals surface area contributed by atoms with Gasteiger partial charge in [0.2, 0.25) is 0 Å². The zero-order valence-electron chi connectivity index (χ0n) is 11.4. The molecule has 1 heterocycles. The maximum atomic E-state index is 8.58. The largest absolute Gasteiger partial charge is 0.460 e. The van der Waals surface area contributed by atoms with E-state index in [9.17, 15) is 0 Å². The molecule has 0 saturated carbocycles. The first-order valence-electron chi connectivity index (χ1n) is 6.64. The van der Waals surface area contributed by atoms with Crippen molar-refractivity contribution in [2.24, 2.45) is 0 Å². The second-order valence-corrected chi connectivity index (χ2v) is 5.73. The Balaban J connectivity index is 1.86. The lowest BCUT2D eigenvalue weighted by atomic mass is 10.2. The topological polar surface area (TPSA) is 54.6 Å². The fourth-order valence-electron chi connectivity index (χ4n) is 1.83. The van der Waals surface area contributed by atoms with Crippen molar-refractivity contribution in [3.63, 3.8) is 0 Å². The minimum absolute atomic E-state index is 0.0511. The highest BCUT2D eigenvalue weighted by Gasteiger charge is 2.08. The highest BCUT2D eigenvalue weighted by Crippen LogP contribution is 2.31. The second kappa shape index (κ2) is 8.56. The molecule has 0 fully saturated rings. The molecule has 2 aromatic rings. The molecule has 0 radical (unpaired) electrons. The van der Waals surface area contributed by atoms with Crippen LogP contribution >= 0.6 is 27.5 Å². The molecule has 0 saturated heterocycles. The standard InChI is InChI=1S/C15H17BrClNO3/c16-11-1-3-13(14(17)9-11)15-4-2-12(21-15)10-18-5-7-20-8-6-19/h1-4,9,18-19H,5-8,10H2. The van der Waals surface area contributed by atoms with Crippen LogP contribution in [-0.4, -0.2) is 31.5 Å². The van der Waals surface area contributed by atoms with Gasteiger partial charge >= 0.3 is 0 Å². The molecule has 1 aromatic carbocycles. The van der Waals surface area contributed by atoms with E-state index in [4.69, 9.17) is 25.9 Å². The Kier molecular flexibility index (Phi) is 6.73. The van der Waals surface area contributed by atoms with Gasteiger partial charge in [-0.05, 0) is 30.3 Å². The molecule has 0 unspecified atom stereocenters. The maximum absolute atomic E-state index is 8.58. The van der Waals surface area contributed by atoms with Gasteiger partial charge in [0.15, 0.2) is 0 Å². The van der Waals surface area contributed by atoms with E-state index < -0.39 is 0 Å². The highest BCUT2D eigenvalue weighted by molar-refractivity contribution is 9.10. The summed E-state index contributed by atoms with van der Waals surface area (Å²) in [5, 5.41) is 12.4. The Morgan fingerprint density at radius 3 is 2.86 bits per heavy atom. The summed E-state index contributed by atoms with van der Waals surface area (Å²) in [5.74, 6) is 1.59. The van der Waals surface area contributed by atoms with Gasteiger partial charge in [0.1, 0.15) is 11.5 Å². The Labute approximate surface area is 137 Å². The van der Waals surface area contributed by atoms with Gasteiger partial charge in [-0.15, -0.1) is 0 Å². The minimum Gasteiger partial charge on any atom is -0.460 e. The molecule has 0 atom stereocenters. The molecule has 0 bridgehead atoms. The molecule has 0 amide bonds. The van der Waals surface area contributed by atoms with Crippen LogP contribution in [0.5, 0.6) is 0 Å². The lowest BCUT2D eigenvalue weighted by molar-refractivity contribution is 0.0936. The van der Waals surface area contributed by atoms with Crippen molar-refractivity contribution in [3.05, 3.63) is 45.6 Å². The van der Waals surface area contributed by atoms with Crippen LogP contribution in [0.3, 0.4) is 0 Å². The molecule has 2 rings (SSSR count). The van der Waals surface area contributed by atoms with E-state index in [0.717, 1.165) is 21.6 Å². The third-order valence-electron chi connectivity index (χ3n) is 2.82. The molecule has 2 N–H and O–H groups in total. The van der Waals surface area contributed by atoms with Crippen molar-refractivity contribution >= 4 is 27.5 Å².